The van der Waals surface area contributed by atoms with Crippen molar-refractivity contribution in [3.05, 3.63) is 0 Å². The molecule has 0 aromatic heterocycles. The zero-order valence-electron chi connectivity index (χ0n) is 9.08. The van der Waals surface area contributed by atoms with Gasteiger partial charge in [0.1, 0.15) is 0 Å². The number of carbonyl (C=O) groups is 1. The summed E-state index contributed by atoms with van der Waals surface area (Å²) < 4.78 is 0. The van der Waals surface area contributed by atoms with Crippen LogP contribution in [-0.4, -0.2) is 48.5 Å². The molecule has 1 unspecified atom stereocenters. The highest BCUT2D eigenvalue weighted by molar-refractivity contribution is 7.99. The van der Waals surface area contributed by atoms with Crippen molar-refractivity contribution in [3.8, 4) is 0 Å². The van der Waals surface area contributed by atoms with Gasteiger partial charge in [0, 0.05) is 24.9 Å². The number of carbonyl (C=O) groups excluding carboxylic acids is 1. The third-order valence-electron chi connectivity index (χ3n) is 2.57. The van der Waals surface area contributed by atoms with Crippen molar-refractivity contribution in [1.29, 1.82) is 0 Å². The quantitative estimate of drug-likeness (QED) is 0.742. The second-order valence-corrected chi connectivity index (χ2v) is 5.04. The number of hydrogen-bond donors (Lipinski definition) is 1. The second kappa shape index (κ2) is 6.30. The molecular weight excluding hydrogens is 196 g/mol. The van der Waals surface area contributed by atoms with E-state index in [0.717, 1.165) is 19.6 Å². The molecule has 1 fully saturated rings. The van der Waals surface area contributed by atoms with Gasteiger partial charge in [-0.1, -0.05) is 6.92 Å². The molecule has 4 heteroatoms. The summed E-state index contributed by atoms with van der Waals surface area (Å²) in [5.41, 5.74) is 0. The Hall–Kier alpha value is -0.220. The molecule has 82 valence electrons. The van der Waals surface area contributed by atoms with E-state index in [1.165, 1.54) is 12.8 Å². The van der Waals surface area contributed by atoms with Gasteiger partial charge in [-0.3, -0.25) is 4.79 Å². The molecular formula is C10H20N2OS. The molecule has 0 aromatic carbocycles. The highest BCUT2D eigenvalue weighted by Crippen LogP contribution is 2.07. The summed E-state index contributed by atoms with van der Waals surface area (Å²) in [5.74, 6) is 0.260. The number of amides is 1. The Kier molecular flexibility index (Phi) is 5.33. The zero-order chi connectivity index (χ0) is 10.4. The largest absolute Gasteiger partial charge is 0.342 e. The molecule has 14 heavy (non-hydrogen) atoms. The van der Waals surface area contributed by atoms with Crippen LogP contribution in [0.15, 0.2) is 0 Å². The van der Waals surface area contributed by atoms with E-state index in [2.05, 4.69) is 18.5 Å². The van der Waals surface area contributed by atoms with Crippen LogP contribution in [0, 0.1) is 0 Å². The minimum atomic E-state index is 0.260. The number of nitrogens with one attached hydrogen (secondary N) is 1. The molecule has 1 aliphatic heterocycles. The summed E-state index contributed by atoms with van der Waals surface area (Å²) in [6.45, 7) is 5.50. The van der Waals surface area contributed by atoms with Crippen LogP contribution in [0.2, 0.25) is 0 Å². The SMILES string of the molecule is CSC(C)CNCC(=O)N1CCCC1. The van der Waals surface area contributed by atoms with Gasteiger partial charge >= 0.3 is 0 Å². The van der Waals surface area contributed by atoms with Crippen molar-refractivity contribution in [3.63, 3.8) is 0 Å². The van der Waals surface area contributed by atoms with Gasteiger partial charge in [-0.2, -0.15) is 11.8 Å². The molecule has 1 atom stereocenters. The highest BCUT2D eigenvalue weighted by atomic mass is 32.2. The normalized spacial score (nSPS) is 18.6. The summed E-state index contributed by atoms with van der Waals surface area (Å²) in [6, 6.07) is 0. The van der Waals surface area contributed by atoms with Crippen LogP contribution < -0.4 is 5.32 Å². The fourth-order valence-corrected chi connectivity index (χ4v) is 1.83. The van der Waals surface area contributed by atoms with Gasteiger partial charge in [0.15, 0.2) is 0 Å². The molecule has 1 saturated heterocycles. The van der Waals surface area contributed by atoms with Crippen LogP contribution in [0.1, 0.15) is 19.8 Å². The molecule has 0 aromatic rings. The third-order valence-corrected chi connectivity index (χ3v) is 3.54. The number of likely N-dealkylation sites (tertiary alicyclic amines) is 1. The predicted octanol–water partition coefficient (Wildman–Crippen LogP) is 0.950. The molecule has 1 N–H and O–H groups in total. The van der Waals surface area contributed by atoms with E-state index in [9.17, 15) is 4.79 Å². The predicted molar refractivity (Wildman–Crippen MR) is 61.7 cm³/mol. The van der Waals surface area contributed by atoms with Crippen molar-refractivity contribution in [2.75, 3.05) is 32.4 Å². The van der Waals surface area contributed by atoms with Gasteiger partial charge in [0.25, 0.3) is 0 Å². The fourth-order valence-electron chi connectivity index (χ4n) is 1.54. The Labute approximate surface area is 90.6 Å². The summed E-state index contributed by atoms with van der Waals surface area (Å²) in [6.07, 6.45) is 4.44. The fraction of sp³-hybridized carbons (Fsp3) is 0.900. The summed E-state index contributed by atoms with van der Waals surface area (Å²) >= 11 is 1.82. The monoisotopic (exact) mass is 216 g/mol. The van der Waals surface area contributed by atoms with Crippen molar-refractivity contribution >= 4 is 17.7 Å². The van der Waals surface area contributed by atoms with Crippen molar-refractivity contribution in [2.24, 2.45) is 0 Å². The number of nitrogens with zero attached hydrogens (tertiary/aromatic N) is 1. The second-order valence-electron chi connectivity index (χ2n) is 3.77. The molecule has 1 aliphatic rings. The van der Waals surface area contributed by atoms with Crippen LogP contribution in [0.5, 0.6) is 0 Å². The smallest absolute Gasteiger partial charge is 0.236 e. The maximum atomic E-state index is 11.6. The van der Waals surface area contributed by atoms with Gasteiger partial charge in [-0.15, -0.1) is 0 Å². The lowest BCUT2D eigenvalue weighted by molar-refractivity contribution is -0.129. The van der Waals surface area contributed by atoms with E-state index in [0.29, 0.717) is 11.8 Å². The lowest BCUT2D eigenvalue weighted by atomic mass is 10.4. The topological polar surface area (TPSA) is 32.3 Å². The van der Waals surface area contributed by atoms with Crippen molar-refractivity contribution < 1.29 is 4.79 Å². The lowest BCUT2D eigenvalue weighted by Crippen LogP contribution is -2.37. The van der Waals surface area contributed by atoms with Gasteiger partial charge in [0.2, 0.25) is 5.91 Å². The number of thioether (sulfide) groups is 1. The van der Waals surface area contributed by atoms with E-state index in [1.807, 2.05) is 16.7 Å². The van der Waals surface area contributed by atoms with Gasteiger partial charge < -0.3 is 10.2 Å². The minimum absolute atomic E-state index is 0.260. The van der Waals surface area contributed by atoms with E-state index in [-0.39, 0.29) is 5.91 Å². The first-order chi connectivity index (χ1) is 6.74. The molecule has 1 amide bonds. The van der Waals surface area contributed by atoms with E-state index in [4.69, 9.17) is 0 Å². The Morgan fingerprint density at radius 3 is 2.71 bits per heavy atom. The summed E-state index contributed by atoms with van der Waals surface area (Å²) in [7, 11) is 0. The van der Waals surface area contributed by atoms with Crippen molar-refractivity contribution in [1.82, 2.24) is 10.2 Å². The highest BCUT2D eigenvalue weighted by Gasteiger charge is 2.16. The van der Waals surface area contributed by atoms with E-state index >= 15 is 0 Å². The average Bonchev–Trinajstić information content (AvgIpc) is 2.70. The van der Waals surface area contributed by atoms with E-state index in [1.54, 1.807) is 0 Å². The first-order valence-electron chi connectivity index (χ1n) is 5.25. The Bertz CT molecular complexity index is 181. The molecule has 0 spiro atoms. The molecule has 3 nitrogen and oxygen atoms in total. The van der Waals surface area contributed by atoms with Crippen LogP contribution >= 0.6 is 11.8 Å². The molecule has 1 rings (SSSR count). The van der Waals surface area contributed by atoms with Crippen LogP contribution in [0.3, 0.4) is 0 Å². The number of hydrogen-bond acceptors (Lipinski definition) is 3. The average molecular weight is 216 g/mol. The first-order valence-corrected chi connectivity index (χ1v) is 6.54. The third kappa shape index (κ3) is 3.88. The van der Waals surface area contributed by atoms with Gasteiger partial charge in [0.05, 0.1) is 6.54 Å². The Balaban J connectivity index is 2.08. The van der Waals surface area contributed by atoms with Gasteiger partial charge in [-0.25, -0.2) is 0 Å². The van der Waals surface area contributed by atoms with Crippen molar-refractivity contribution in [2.45, 2.75) is 25.0 Å². The summed E-state index contributed by atoms with van der Waals surface area (Å²) in [5, 5.41) is 3.79. The summed E-state index contributed by atoms with van der Waals surface area (Å²) in [4.78, 5) is 13.5. The Morgan fingerprint density at radius 2 is 2.14 bits per heavy atom. The van der Waals surface area contributed by atoms with Gasteiger partial charge in [-0.05, 0) is 19.1 Å². The molecule has 0 aliphatic carbocycles. The first kappa shape index (κ1) is 11.9. The number of rotatable bonds is 5. The molecule has 0 bridgehead atoms. The molecule has 0 radical (unpaired) electrons. The molecule has 0 saturated carbocycles. The maximum absolute atomic E-state index is 11.6. The molecule has 1 heterocycles. The maximum Gasteiger partial charge on any atom is 0.236 e. The zero-order valence-corrected chi connectivity index (χ0v) is 9.90. The lowest BCUT2D eigenvalue weighted by Gasteiger charge is -2.16. The van der Waals surface area contributed by atoms with Crippen LogP contribution in [-0.2, 0) is 4.79 Å². The van der Waals surface area contributed by atoms with E-state index < -0.39 is 0 Å². The van der Waals surface area contributed by atoms with Crippen LogP contribution in [0.4, 0.5) is 0 Å². The van der Waals surface area contributed by atoms with Crippen LogP contribution in [0.25, 0.3) is 0 Å². The minimum Gasteiger partial charge on any atom is -0.342 e. The standard InChI is InChI=1S/C10H20N2OS/c1-9(14-2)7-11-8-10(13)12-5-3-4-6-12/h9,11H,3-8H2,1-2H3. The Morgan fingerprint density at radius 1 is 1.50 bits per heavy atom.